The Labute approximate surface area is 105 Å². The minimum Gasteiger partial charge on any atom is -1.00 e. The molecular formula is C2H7Na2O5P. The molecule has 0 amide bonds. The summed E-state index contributed by atoms with van der Waals surface area (Å²) in [5, 5.41) is 7.80. The third kappa shape index (κ3) is 6.34. The van der Waals surface area contributed by atoms with Gasteiger partial charge in [0.05, 0.1) is 0 Å². The van der Waals surface area contributed by atoms with Gasteiger partial charge in [0.1, 0.15) is 0 Å². The van der Waals surface area contributed by atoms with Gasteiger partial charge in [-0.05, 0) is 0 Å². The Morgan fingerprint density at radius 2 is 1.90 bits per heavy atom. The molecule has 0 radical (unpaired) electrons. The molecule has 0 rings (SSSR count). The largest absolute Gasteiger partial charge is 1.00 e. The van der Waals surface area contributed by atoms with Crippen LogP contribution in [0.1, 0.15) is 2.85 Å². The molecule has 0 spiro atoms. The summed E-state index contributed by atoms with van der Waals surface area (Å²) in [6.45, 7) is 0. The van der Waals surface area contributed by atoms with Crippen LogP contribution in [0.2, 0.25) is 0 Å². The van der Waals surface area contributed by atoms with E-state index in [0.717, 1.165) is 7.11 Å². The second-order valence-electron chi connectivity index (χ2n) is 0.986. The molecule has 0 saturated carbocycles. The summed E-state index contributed by atoms with van der Waals surface area (Å²) in [4.78, 5) is 17.7. The number of rotatable bonds is 2. The molecule has 0 aliphatic heterocycles. The minimum atomic E-state index is -4.33. The molecule has 2 N–H and O–H groups in total. The van der Waals surface area contributed by atoms with Gasteiger partial charge in [0.2, 0.25) is 0 Å². The van der Waals surface area contributed by atoms with Gasteiger partial charge in [0.15, 0.2) is 0 Å². The van der Waals surface area contributed by atoms with Gasteiger partial charge in [-0.25, -0.2) is 9.36 Å². The summed E-state index contributed by atoms with van der Waals surface area (Å²) in [5.41, 5.74) is -1.83. The van der Waals surface area contributed by atoms with Crippen LogP contribution < -0.4 is 59.1 Å². The van der Waals surface area contributed by atoms with E-state index in [4.69, 9.17) is 10.00 Å². The monoisotopic (exact) mass is 188 g/mol. The van der Waals surface area contributed by atoms with Crippen molar-refractivity contribution in [1.82, 2.24) is 0 Å². The van der Waals surface area contributed by atoms with Gasteiger partial charge >= 0.3 is 72.4 Å². The van der Waals surface area contributed by atoms with Crippen molar-refractivity contribution in [2.45, 2.75) is 0 Å². The van der Waals surface area contributed by atoms with Crippen molar-refractivity contribution in [3.05, 3.63) is 0 Å². The molecule has 1 unspecified atom stereocenters. The molecule has 0 aromatic carbocycles. The standard InChI is InChI=1S/C2H5O5P.2Na.2H/c1-7-8(5,6)2(3)4;;;;/h1H3,(H,3,4)(H,5,6);;;;/q;2*+1;2*-1. The van der Waals surface area contributed by atoms with Gasteiger partial charge in [-0.2, -0.15) is 0 Å². The van der Waals surface area contributed by atoms with Crippen LogP contribution >= 0.6 is 7.60 Å². The molecule has 1 atom stereocenters. The van der Waals surface area contributed by atoms with Gasteiger partial charge in [-0.15, -0.1) is 0 Å². The Morgan fingerprint density at radius 1 is 1.60 bits per heavy atom. The smallest absolute Gasteiger partial charge is 1.00 e. The molecule has 0 fully saturated rings. The predicted octanol–water partition coefficient (Wildman–Crippen LogP) is -5.27. The van der Waals surface area contributed by atoms with E-state index in [1.54, 1.807) is 0 Å². The van der Waals surface area contributed by atoms with E-state index in [0.29, 0.717) is 0 Å². The van der Waals surface area contributed by atoms with Crippen molar-refractivity contribution in [2.75, 3.05) is 7.11 Å². The van der Waals surface area contributed by atoms with Crippen LogP contribution in [-0.2, 0) is 9.09 Å². The molecule has 0 saturated heterocycles. The molecule has 52 valence electrons. The second-order valence-corrected chi connectivity index (χ2v) is 2.77. The van der Waals surface area contributed by atoms with Gasteiger partial charge in [-0.3, -0.25) is 0 Å². The third-order valence-electron chi connectivity index (χ3n) is 0.489. The summed E-state index contributed by atoms with van der Waals surface area (Å²) >= 11 is 0. The quantitative estimate of drug-likeness (QED) is 0.334. The maximum Gasteiger partial charge on any atom is 1.00 e. The van der Waals surface area contributed by atoms with Crippen LogP contribution in [0.5, 0.6) is 0 Å². The maximum absolute atomic E-state index is 10.0. The fourth-order valence-corrected chi connectivity index (χ4v) is 0.234. The summed E-state index contributed by atoms with van der Waals surface area (Å²) in [6.07, 6.45) is 0. The fourth-order valence-electron chi connectivity index (χ4n) is 0.0781. The van der Waals surface area contributed by atoms with Gasteiger partial charge in [0, 0.05) is 7.11 Å². The van der Waals surface area contributed by atoms with E-state index in [1.807, 2.05) is 0 Å². The summed E-state index contributed by atoms with van der Waals surface area (Å²) in [5.74, 6) is 0. The molecular weight excluding hydrogens is 181 g/mol. The van der Waals surface area contributed by atoms with Crippen LogP contribution in [0.25, 0.3) is 0 Å². The first kappa shape index (κ1) is 17.6. The summed E-state index contributed by atoms with van der Waals surface area (Å²) in [7, 11) is -3.47. The SMILES string of the molecule is COP(=O)(O)C(=O)O.[H-].[H-].[Na+].[Na+]. The van der Waals surface area contributed by atoms with Crippen molar-refractivity contribution >= 4 is 13.3 Å². The first-order chi connectivity index (χ1) is 3.50. The zero-order chi connectivity index (χ0) is 6.78. The van der Waals surface area contributed by atoms with E-state index in [9.17, 15) is 9.36 Å². The van der Waals surface area contributed by atoms with Crippen molar-refractivity contribution in [3.8, 4) is 0 Å². The molecule has 0 aromatic heterocycles. The second kappa shape index (κ2) is 7.28. The van der Waals surface area contributed by atoms with Crippen LogP contribution in [0.3, 0.4) is 0 Å². The van der Waals surface area contributed by atoms with Crippen LogP contribution in [0.15, 0.2) is 0 Å². The zero-order valence-electron chi connectivity index (χ0n) is 8.07. The summed E-state index contributed by atoms with van der Waals surface area (Å²) in [6, 6.07) is 0. The van der Waals surface area contributed by atoms with Crippen molar-refractivity contribution in [3.63, 3.8) is 0 Å². The molecule has 10 heavy (non-hydrogen) atoms. The van der Waals surface area contributed by atoms with Gasteiger partial charge < -0.3 is 17.4 Å². The Morgan fingerprint density at radius 3 is 1.90 bits per heavy atom. The van der Waals surface area contributed by atoms with Crippen molar-refractivity contribution < 1.29 is 85.9 Å². The summed E-state index contributed by atoms with van der Waals surface area (Å²) < 4.78 is 13.7. The minimum absolute atomic E-state index is 0. The van der Waals surface area contributed by atoms with Crippen molar-refractivity contribution in [2.24, 2.45) is 0 Å². The molecule has 0 aliphatic rings. The normalized spacial score (nSPS) is 13.8. The number of carboxylic acid groups (broad SMARTS) is 1. The van der Waals surface area contributed by atoms with Crippen LogP contribution in [0, 0.1) is 0 Å². The molecule has 0 bridgehead atoms. The Kier molecular flexibility index (Phi) is 12.8. The van der Waals surface area contributed by atoms with E-state index in [-0.39, 0.29) is 62.0 Å². The maximum atomic E-state index is 10.0. The predicted molar refractivity (Wildman–Crippen MR) is 27.1 cm³/mol. The van der Waals surface area contributed by atoms with Crippen LogP contribution in [-0.4, -0.2) is 22.8 Å². The van der Waals surface area contributed by atoms with Gasteiger partial charge in [-0.1, -0.05) is 0 Å². The Hall–Kier alpha value is 1.62. The van der Waals surface area contributed by atoms with E-state index >= 15 is 0 Å². The average molecular weight is 188 g/mol. The van der Waals surface area contributed by atoms with Crippen molar-refractivity contribution in [1.29, 1.82) is 0 Å². The third-order valence-corrected chi connectivity index (χ3v) is 1.47. The topological polar surface area (TPSA) is 83.8 Å². The van der Waals surface area contributed by atoms with E-state index < -0.39 is 13.3 Å². The first-order valence-corrected chi connectivity index (χ1v) is 3.20. The fraction of sp³-hybridized carbons (Fsp3) is 0.500. The van der Waals surface area contributed by atoms with Crippen LogP contribution in [0.4, 0.5) is 4.79 Å². The van der Waals surface area contributed by atoms with Gasteiger partial charge in [0.25, 0.3) is 0 Å². The number of hydrogen-bond acceptors (Lipinski definition) is 3. The van der Waals surface area contributed by atoms with E-state index in [2.05, 4.69) is 4.52 Å². The molecule has 5 nitrogen and oxygen atoms in total. The molecule has 8 heteroatoms. The average Bonchev–Trinajstić information content (AvgIpc) is 1.67. The number of hydrogen-bond donors (Lipinski definition) is 2. The first-order valence-electron chi connectivity index (χ1n) is 1.62. The Balaban J connectivity index is -0.0000000408. The zero-order valence-corrected chi connectivity index (χ0v) is 11.0. The van der Waals surface area contributed by atoms with E-state index in [1.165, 1.54) is 0 Å². The molecule has 0 aliphatic carbocycles. The Bertz CT molecular complexity index is 154. The molecule has 0 aromatic rings. The number of carbonyl (C=O) groups is 1. The molecule has 0 heterocycles.